The van der Waals surface area contributed by atoms with Gasteiger partial charge in [0.25, 0.3) is 0 Å². The number of piperidine rings is 1. The number of hydrogen-bond acceptors (Lipinski definition) is 4. The van der Waals surface area contributed by atoms with Crippen molar-refractivity contribution in [3.63, 3.8) is 0 Å². The molecule has 0 bridgehead atoms. The molecule has 2 aromatic heterocycles. The number of ether oxygens (including phenoxy) is 2. The third-order valence-corrected chi connectivity index (χ3v) is 9.14. The molecule has 1 aliphatic carbocycles. The predicted octanol–water partition coefficient (Wildman–Crippen LogP) is 6.70. The highest BCUT2D eigenvalue weighted by Gasteiger charge is 2.44. The molecule has 0 unspecified atom stereocenters. The highest BCUT2D eigenvalue weighted by Crippen LogP contribution is 2.41. The number of benzene rings is 2. The first-order valence-electron chi connectivity index (χ1n) is 16.0. The standard InChI is InChI=1S/C36H46N4O4/c1-36(2,3)44-35(42)39-19-17-28(30-23-37(4)32-13-8-7-12-29(30)32)31(24-39)34(41)40(26-15-16-26)22-25-21-38(18-10-20-43-5)33-14-9-6-11-27(25)33/h6-9,11-14,21,23,26,28,31H,10,15-20,22,24H2,1-5H3/t28-,31+/m1/s1. The summed E-state index contributed by atoms with van der Waals surface area (Å²) >= 11 is 0. The fourth-order valence-electron chi connectivity index (χ4n) is 6.92. The molecule has 8 heteroatoms. The second kappa shape index (κ2) is 12.3. The van der Waals surface area contributed by atoms with Crippen molar-refractivity contribution in [2.24, 2.45) is 13.0 Å². The monoisotopic (exact) mass is 598 g/mol. The van der Waals surface area contributed by atoms with E-state index in [9.17, 15) is 9.59 Å². The largest absolute Gasteiger partial charge is 0.444 e. The molecule has 1 aliphatic heterocycles. The number of aromatic nitrogens is 2. The number of carbonyl (C=O) groups is 2. The van der Waals surface area contributed by atoms with Crippen LogP contribution in [0.25, 0.3) is 21.8 Å². The minimum absolute atomic E-state index is 0.00363. The quantitative estimate of drug-likeness (QED) is 0.201. The van der Waals surface area contributed by atoms with Gasteiger partial charge in [-0.2, -0.15) is 0 Å². The molecule has 2 aliphatic rings. The van der Waals surface area contributed by atoms with Crippen molar-refractivity contribution in [1.82, 2.24) is 18.9 Å². The van der Waals surface area contributed by atoms with Crippen LogP contribution in [-0.4, -0.2) is 69.4 Å². The lowest BCUT2D eigenvalue weighted by atomic mass is 9.79. The van der Waals surface area contributed by atoms with Crippen molar-refractivity contribution in [2.75, 3.05) is 26.8 Å². The van der Waals surface area contributed by atoms with Crippen molar-refractivity contribution >= 4 is 33.8 Å². The zero-order valence-corrected chi connectivity index (χ0v) is 26.8. The van der Waals surface area contributed by atoms with Gasteiger partial charge >= 0.3 is 6.09 Å². The third-order valence-electron chi connectivity index (χ3n) is 9.14. The summed E-state index contributed by atoms with van der Waals surface area (Å²) in [6, 6.07) is 17.1. The van der Waals surface area contributed by atoms with Crippen molar-refractivity contribution < 1.29 is 19.1 Å². The smallest absolute Gasteiger partial charge is 0.410 e. The van der Waals surface area contributed by atoms with Crippen molar-refractivity contribution in [2.45, 2.75) is 77.1 Å². The molecule has 2 fully saturated rings. The van der Waals surface area contributed by atoms with Gasteiger partial charge in [-0.1, -0.05) is 36.4 Å². The van der Waals surface area contributed by atoms with Gasteiger partial charge in [0, 0.05) is 93.1 Å². The van der Waals surface area contributed by atoms with Crippen LogP contribution in [0.2, 0.25) is 0 Å². The van der Waals surface area contributed by atoms with Crippen molar-refractivity contribution in [1.29, 1.82) is 0 Å². The Morgan fingerprint density at radius 2 is 1.66 bits per heavy atom. The van der Waals surface area contributed by atoms with Crippen molar-refractivity contribution in [3.05, 3.63) is 72.1 Å². The Kier molecular flexibility index (Phi) is 8.46. The summed E-state index contributed by atoms with van der Waals surface area (Å²) in [5.74, 6) is -0.225. The molecule has 2 atom stereocenters. The van der Waals surface area contributed by atoms with Gasteiger partial charge in [0.15, 0.2) is 0 Å². The summed E-state index contributed by atoms with van der Waals surface area (Å²) in [6.07, 6.45) is 7.73. The SMILES string of the molecule is COCCCn1cc(CN(C(=O)[C@H]2CN(C(=O)OC(C)(C)C)CC[C@@H]2c2cn(C)c3ccccc23)C2CC2)c2ccccc21. The van der Waals surface area contributed by atoms with E-state index in [0.717, 1.165) is 31.3 Å². The average Bonchev–Trinajstić information content (AvgIpc) is 3.72. The summed E-state index contributed by atoms with van der Waals surface area (Å²) in [5.41, 5.74) is 4.10. The van der Waals surface area contributed by atoms with Crippen LogP contribution in [0.3, 0.4) is 0 Å². The number of fused-ring (bicyclic) bond motifs is 2. The number of nitrogens with zero attached hydrogens (tertiary/aromatic N) is 4. The minimum Gasteiger partial charge on any atom is -0.444 e. The zero-order chi connectivity index (χ0) is 31.0. The van der Waals surface area contributed by atoms with E-state index in [1.807, 2.05) is 20.8 Å². The van der Waals surface area contributed by atoms with E-state index < -0.39 is 5.60 Å². The van der Waals surface area contributed by atoms with Gasteiger partial charge in [0.2, 0.25) is 5.91 Å². The molecule has 3 heterocycles. The summed E-state index contributed by atoms with van der Waals surface area (Å²) in [5, 5.41) is 2.37. The van der Waals surface area contributed by atoms with Crippen LogP contribution in [0.1, 0.15) is 63.5 Å². The minimum atomic E-state index is -0.597. The molecule has 0 N–H and O–H groups in total. The van der Waals surface area contributed by atoms with Crippen LogP contribution < -0.4 is 0 Å². The number of hydrogen-bond donors (Lipinski definition) is 0. The number of para-hydroxylation sites is 2. The second-order valence-electron chi connectivity index (χ2n) is 13.5. The molecular formula is C36H46N4O4. The van der Waals surface area contributed by atoms with Gasteiger partial charge in [0.05, 0.1) is 5.92 Å². The molecule has 0 radical (unpaired) electrons. The summed E-state index contributed by atoms with van der Waals surface area (Å²) in [6.45, 7) is 8.70. The first-order chi connectivity index (χ1) is 21.1. The molecular weight excluding hydrogens is 552 g/mol. The summed E-state index contributed by atoms with van der Waals surface area (Å²) in [7, 11) is 3.80. The Bertz CT molecular complexity index is 1640. The lowest BCUT2D eigenvalue weighted by molar-refractivity contribution is -0.139. The normalized spacial score (nSPS) is 19.1. The van der Waals surface area contributed by atoms with Crippen molar-refractivity contribution in [3.8, 4) is 0 Å². The first-order valence-corrected chi connectivity index (χ1v) is 16.0. The Labute approximate surface area is 260 Å². The Morgan fingerprint density at radius 1 is 0.955 bits per heavy atom. The number of rotatable bonds is 9. The lowest BCUT2D eigenvalue weighted by Gasteiger charge is -2.40. The van der Waals surface area contributed by atoms with Gasteiger partial charge in [0.1, 0.15) is 5.60 Å². The van der Waals surface area contributed by atoms with Crippen LogP contribution >= 0.6 is 0 Å². The first kappa shape index (κ1) is 30.3. The van der Waals surface area contributed by atoms with Crippen LogP contribution in [0, 0.1) is 5.92 Å². The molecule has 4 aromatic rings. The molecule has 234 valence electrons. The van der Waals surface area contributed by atoms with Crippen LogP contribution in [-0.2, 0) is 34.4 Å². The van der Waals surface area contributed by atoms with Crippen LogP contribution in [0.15, 0.2) is 60.9 Å². The van der Waals surface area contributed by atoms with E-state index in [2.05, 4.69) is 82.0 Å². The van der Waals surface area contributed by atoms with Gasteiger partial charge in [-0.25, -0.2) is 4.79 Å². The van der Waals surface area contributed by atoms with E-state index >= 15 is 0 Å². The zero-order valence-electron chi connectivity index (χ0n) is 26.8. The van der Waals surface area contributed by atoms with Crippen LogP contribution in [0.5, 0.6) is 0 Å². The van der Waals surface area contributed by atoms with Gasteiger partial charge < -0.3 is 28.4 Å². The van der Waals surface area contributed by atoms with Gasteiger partial charge in [-0.15, -0.1) is 0 Å². The molecule has 8 nitrogen and oxygen atoms in total. The summed E-state index contributed by atoms with van der Waals surface area (Å²) in [4.78, 5) is 32.0. The average molecular weight is 599 g/mol. The number of amides is 2. The maximum absolute atomic E-state index is 14.8. The second-order valence-corrected chi connectivity index (χ2v) is 13.5. The highest BCUT2D eigenvalue weighted by molar-refractivity contribution is 5.88. The Balaban J connectivity index is 1.34. The maximum Gasteiger partial charge on any atom is 0.410 e. The predicted molar refractivity (Wildman–Crippen MR) is 174 cm³/mol. The molecule has 6 rings (SSSR count). The molecule has 2 amide bonds. The van der Waals surface area contributed by atoms with E-state index in [-0.39, 0.29) is 29.9 Å². The van der Waals surface area contributed by atoms with E-state index in [1.54, 1.807) is 12.0 Å². The third kappa shape index (κ3) is 6.23. The molecule has 2 aromatic carbocycles. The van der Waals surface area contributed by atoms with Gasteiger partial charge in [-0.3, -0.25) is 4.79 Å². The summed E-state index contributed by atoms with van der Waals surface area (Å²) < 4.78 is 15.5. The van der Waals surface area contributed by atoms with E-state index in [0.29, 0.717) is 32.7 Å². The lowest BCUT2D eigenvalue weighted by Crippen LogP contribution is -2.51. The number of aryl methyl sites for hydroxylation is 2. The molecule has 1 saturated carbocycles. The Morgan fingerprint density at radius 3 is 2.36 bits per heavy atom. The van der Waals surface area contributed by atoms with Gasteiger partial charge in [-0.05, 0) is 69.7 Å². The highest BCUT2D eigenvalue weighted by atomic mass is 16.6. The van der Waals surface area contributed by atoms with E-state index in [1.165, 1.54) is 27.4 Å². The molecule has 1 saturated heterocycles. The fourth-order valence-corrected chi connectivity index (χ4v) is 6.92. The molecule has 0 spiro atoms. The Hall–Kier alpha value is -3.78. The number of methoxy groups -OCH3 is 1. The number of carbonyl (C=O) groups excluding carboxylic acids is 2. The topological polar surface area (TPSA) is 68.9 Å². The van der Waals surface area contributed by atoms with Crippen LogP contribution in [0.4, 0.5) is 4.79 Å². The van der Waals surface area contributed by atoms with E-state index in [4.69, 9.17) is 9.47 Å². The fraction of sp³-hybridized carbons (Fsp3) is 0.500. The number of likely N-dealkylation sites (tertiary alicyclic amines) is 1. The maximum atomic E-state index is 14.8. The molecule has 44 heavy (non-hydrogen) atoms.